The number of carboxylic acid groups (broad SMARTS) is 2. The molecule has 1 aromatic rings. The van der Waals surface area contributed by atoms with E-state index in [2.05, 4.69) is 5.32 Å². The van der Waals surface area contributed by atoms with Crippen molar-refractivity contribution in [3.8, 4) is 0 Å². The van der Waals surface area contributed by atoms with E-state index in [0.717, 1.165) is 5.56 Å². The predicted octanol–water partition coefficient (Wildman–Crippen LogP) is 1.42. The minimum Gasteiger partial charge on any atom is -0.481 e. The summed E-state index contributed by atoms with van der Waals surface area (Å²) in [6.07, 6.45) is 0.539. The van der Waals surface area contributed by atoms with Crippen LogP contribution in [-0.2, 0) is 19.8 Å². The lowest BCUT2D eigenvalue weighted by molar-refractivity contribution is -0.147. The van der Waals surface area contributed by atoms with E-state index in [1.165, 1.54) is 0 Å². The molecule has 0 unspecified atom stereocenters. The third kappa shape index (κ3) is 3.33. The van der Waals surface area contributed by atoms with E-state index in [1.807, 2.05) is 0 Å². The number of aliphatic carboxylic acids is 2. The number of hydrogen-bond acceptors (Lipinski definition) is 3. The zero-order valence-electron chi connectivity index (χ0n) is 11.0. The lowest BCUT2D eigenvalue weighted by Crippen LogP contribution is -2.46. The number of rotatable bonds is 6. The predicted molar refractivity (Wildman–Crippen MR) is 74.2 cm³/mol. The highest BCUT2D eigenvalue weighted by atomic mass is 35.5. The van der Waals surface area contributed by atoms with Crippen LogP contribution in [0.1, 0.15) is 24.8 Å². The van der Waals surface area contributed by atoms with Gasteiger partial charge in [0.2, 0.25) is 5.91 Å². The Labute approximate surface area is 125 Å². The summed E-state index contributed by atoms with van der Waals surface area (Å²) < 4.78 is 0. The molecule has 1 atom stereocenters. The number of halogens is 1. The average Bonchev–Trinajstić information content (AvgIpc) is 3.19. The fourth-order valence-corrected chi connectivity index (χ4v) is 2.34. The largest absolute Gasteiger partial charge is 0.481 e. The van der Waals surface area contributed by atoms with Crippen LogP contribution in [0, 0.1) is 0 Å². The lowest BCUT2D eigenvalue weighted by atomic mass is 9.94. The van der Waals surface area contributed by atoms with Gasteiger partial charge in [-0.15, -0.1) is 0 Å². The number of hydrogen-bond donors (Lipinski definition) is 3. The smallest absolute Gasteiger partial charge is 0.326 e. The van der Waals surface area contributed by atoms with Crippen molar-refractivity contribution >= 4 is 29.4 Å². The van der Waals surface area contributed by atoms with Crippen molar-refractivity contribution in [2.24, 2.45) is 0 Å². The molecule has 0 heterocycles. The first-order chi connectivity index (χ1) is 9.85. The minimum absolute atomic E-state index is 0.460. The molecule has 112 valence electrons. The van der Waals surface area contributed by atoms with Crippen LogP contribution in [0.5, 0.6) is 0 Å². The summed E-state index contributed by atoms with van der Waals surface area (Å²) in [7, 11) is 0. The highest BCUT2D eigenvalue weighted by molar-refractivity contribution is 6.30. The zero-order valence-corrected chi connectivity index (χ0v) is 11.8. The van der Waals surface area contributed by atoms with Gasteiger partial charge in [-0.2, -0.15) is 0 Å². The number of carboxylic acids is 2. The molecule has 1 aromatic carbocycles. The van der Waals surface area contributed by atoms with E-state index >= 15 is 0 Å². The quantitative estimate of drug-likeness (QED) is 0.737. The molecule has 1 saturated carbocycles. The van der Waals surface area contributed by atoms with Gasteiger partial charge in [-0.3, -0.25) is 9.59 Å². The Kier molecular flexibility index (Phi) is 4.18. The molecule has 1 aliphatic carbocycles. The Bertz CT molecular complexity index is 580. The van der Waals surface area contributed by atoms with Crippen molar-refractivity contribution in [1.29, 1.82) is 0 Å². The summed E-state index contributed by atoms with van der Waals surface area (Å²) in [5.41, 5.74) is -0.0135. The first-order valence-electron chi connectivity index (χ1n) is 6.37. The number of carbonyl (C=O) groups is 3. The molecule has 7 heteroatoms. The summed E-state index contributed by atoms with van der Waals surface area (Å²) in [6, 6.07) is 5.34. The van der Waals surface area contributed by atoms with Gasteiger partial charge >= 0.3 is 11.9 Å². The molecule has 6 nitrogen and oxygen atoms in total. The molecule has 21 heavy (non-hydrogen) atoms. The summed E-state index contributed by atoms with van der Waals surface area (Å²) in [4.78, 5) is 34.0. The first kappa shape index (κ1) is 15.3. The number of benzene rings is 1. The summed E-state index contributed by atoms with van der Waals surface area (Å²) in [5, 5.41) is 20.5. The lowest BCUT2D eigenvalue weighted by Gasteiger charge is -2.19. The molecular formula is C14H14ClNO5. The Morgan fingerprint density at radius 1 is 1.19 bits per heavy atom. The molecule has 0 bridgehead atoms. The second kappa shape index (κ2) is 5.73. The molecule has 0 radical (unpaired) electrons. The van der Waals surface area contributed by atoms with Crippen molar-refractivity contribution in [2.75, 3.05) is 0 Å². The fraction of sp³-hybridized carbons (Fsp3) is 0.357. The van der Waals surface area contributed by atoms with Crippen LogP contribution in [0.2, 0.25) is 5.02 Å². The van der Waals surface area contributed by atoms with Crippen molar-refractivity contribution < 1.29 is 24.6 Å². The molecule has 1 amide bonds. The second-order valence-corrected chi connectivity index (χ2v) is 5.49. The number of carbonyl (C=O) groups excluding carboxylic acids is 1. The van der Waals surface area contributed by atoms with Crippen molar-refractivity contribution in [2.45, 2.75) is 30.7 Å². The van der Waals surface area contributed by atoms with Crippen LogP contribution in [0.4, 0.5) is 0 Å². The molecule has 3 N–H and O–H groups in total. The first-order valence-corrected chi connectivity index (χ1v) is 6.74. The Morgan fingerprint density at radius 2 is 1.76 bits per heavy atom. The average molecular weight is 312 g/mol. The normalized spacial score (nSPS) is 16.8. The SMILES string of the molecule is O=C(O)C[C@@H](NC(=O)C1(c2ccc(Cl)cc2)CC1)C(=O)O. The van der Waals surface area contributed by atoms with Gasteiger partial charge in [0.15, 0.2) is 0 Å². The highest BCUT2D eigenvalue weighted by Crippen LogP contribution is 2.48. The van der Waals surface area contributed by atoms with Crippen LogP contribution in [0.3, 0.4) is 0 Å². The third-order valence-electron chi connectivity index (χ3n) is 3.56. The number of amides is 1. The molecule has 0 aromatic heterocycles. The van der Waals surface area contributed by atoms with E-state index in [0.29, 0.717) is 17.9 Å². The van der Waals surface area contributed by atoms with E-state index in [9.17, 15) is 14.4 Å². The van der Waals surface area contributed by atoms with Crippen LogP contribution < -0.4 is 5.32 Å². The Balaban J connectivity index is 2.13. The van der Waals surface area contributed by atoms with E-state index in [-0.39, 0.29) is 0 Å². The van der Waals surface area contributed by atoms with Gasteiger partial charge in [0.1, 0.15) is 6.04 Å². The fourth-order valence-electron chi connectivity index (χ4n) is 2.21. The van der Waals surface area contributed by atoms with Gasteiger partial charge < -0.3 is 15.5 Å². The monoisotopic (exact) mass is 311 g/mol. The Hall–Kier alpha value is -2.08. The molecule has 0 spiro atoms. The van der Waals surface area contributed by atoms with Crippen LogP contribution in [0.15, 0.2) is 24.3 Å². The molecule has 1 aliphatic rings. The maximum absolute atomic E-state index is 12.3. The van der Waals surface area contributed by atoms with Gasteiger partial charge in [-0.25, -0.2) is 4.79 Å². The van der Waals surface area contributed by atoms with Crippen molar-refractivity contribution in [1.82, 2.24) is 5.32 Å². The molecule has 0 saturated heterocycles. The van der Waals surface area contributed by atoms with Crippen LogP contribution in [-0.4, -0.2) is 34.1 Å². The van der Waals surface area contributed by atoms with E-state index in [1.54, 1.807) is 24.3 Å². The third-order valence-corrected chi connectivity index (χ3v) is 3.82. The van der Waals surface area contributed by atoms with Crippen LogP contribution >= 0.6 is 11.6 Å². The summed E-state index contributed by atoms with van der Waals surface area (Å²) in [5.74, 6) is -3.10. The maximum Gasteiger partial charge on any atom is 0.326 e. The van der Waals surface area contributed by atoms with Gasteiger partial charge in [-0.1, -0.05) is 23.7 Å². The Morgan fingerprint density at radius 3 is 2.19 bits per heavy atom. The minimum atomic E-state index is -1.43. The topological polar surface area (TPSA) is 104 Å². The van der Waals surface area contributed by atoms with E-state index < -0.39 is 35.7 Å². The standard InChI is InChI=1S/C14H14ClNO5/c15-9-3-1-8(2-4-9)14(5-6-14)13(21)16-10(12(19)20)7-11(17)18/h1-4,10H,5-7H2,(H,16,21)(H,17,18)(H,19,20)/t10-/m1/s1. The van der Waals surface area contributed by atoms with E-state index in [4.69, 9.17) is 21.8 Å². The van der Waals surface area contributed by atoms with Gasteiger partial charge in [0, 0.05) is 5.02 Å². The molecule has 2 rings (SSSR count). The van der Waals surface area contributed by atoms with Crippen LogP contribution in [0.25, 0.3) is 0 Å². The number of nitrogens with one attached hydrogen (secondary N) is 1. The van der Waals surface area contributed by atoms with Gasteiger partial charge in [0.25, 0.3) is 0 Å². The molecule has 1 fully saturated rings. The highest BCUT2D eigenvalue weighted by Gasteiger charge is 2.52. The molecule has 0 aliphatic heterocycles. The summed E-state index contributed by atoms with van der Waals surface area (Å²) >= 11 is 5.80. The molecular weight excluding hydrogens is 298 g/mol. The summed E-state index contributed by atoms with van der Waals surface area (Å²) in [6.45, 7) is 0. The second-order valence-electron chi connectivity index (χ2n) is 5.05. The zero-order chi connectivity index (χ0) is 15.6. The van der Waals surface area contributed by atoms with Crippen molar-refractivity contribution in [3.63, 3.8) is 0 Å². The maximum atomic E-state index is 12.3. The van der Waals surface area contributed by atoms with Crippen molar-refractivity contribution in [3.05, 3.63) is 34.9 Å². The van der Waals surface area contributed by atoms with Gasteiger partial charge in [0.05, 0.1) is 11.8 Å². The van der Waals surface area contributed by atoms with Gasteiger partial charge in [-0.05, 0) is 30.5 Å².